The SMILES string of the molecule is CC1(Nc2ccc(C(=O)O)cc2[N+](=O)[O-])CCCOC1. The van der Waals surface area contributed by atoms with Gasteiger partial charge in [0, 0.05) is 12.7 Å². The van der Waals surface area contributed by atoms with Crippen LogP contribution >= 0.6 is 0 Å². The summed E-state index contributed by atoms with van der Waals surface area (Å²) < 4.78 is 5.39. The first-order valence-corrected chi connectivity index (χ1v) is 6.29. The number of carboxylic acids is 1. The second-order valence-electron chi connectivity index (χ2n) is 5.14. The second kappa shape index (κ2) is 5.46. The number of carboxylic acid groups (broad SMARTS) is 1. The fourth-order valence-electron chi connectivity index (χ4n) is 2.28. The first-order valence-electron chi connectivity index (χ1n) is 6.29. The summed E-state index contributed by atoms with van der Waals surface area (Å²) in [6.45, 7) is 3.09. The van der Waals surface area contributed by atoms with Gasteiger partial charge in [0.05, 0.1) is 22.6 Å². The van der Waals surface area contributed by atoms with Gasteiger partial charge in [0.1, 0.15) is 5.69 Å². The third kappa shape index (κ3) is 3.05. The summed E-state index contributed by atoms with van der Waals surface area (Å²) in [6, 6.07) is 3.85. The van der Waals surface area contributed by atoms with Crippen molar-refractivity contribution < 1.29 is 19.6 Å². The largest absolute Gasteiger partial charge is 0.478 e. The fourth-order valence-corrected chi connectivity index (χ4v) is 2.28. The third-order valence-electron chi connectivity index (χ3n) is 3.32. The van der Waals surface area contributed by atoms with E-state index in [1.807, 2.05) is 6.92 Å². The molecule has 0 aromatic heterocycles. The number of carbonyl (C=O) groups is 1. The zero-order valence-corrected chi connectivity index (χ0v) is 11.1. The molecule has 0 bridgehead atoms. The molecule has 1 fully saturated rings. The molecule has 2 N–H and O–H groups in total. The first-order chi connectivity index (χ1) is 9.41. The van der Waals surface area contributed by atoms with Crippen molar-refractivity contribution in [1.82, 2.24) is 0 Å². The summed E-state index contributed by atoms with van der Waals surface area (Å²) in [7, 11) is 0. The Morgan fingerprint density at radius 2 is 2.30 bits per heavy atom. The zero-order valence-electron chi connectivity index (χ0n) is 11.1. The number of anilines is 1. The van der Waals surface area contributed by atoms with Gasteiger partial charge in [0.15, 0.2) is 0 Å². The molecule has 0 radical (unpaired) electrons. The summed E-state index contributed by atoms with van der Waals surface area (Å²) in [5.41, 5.74) is -0.412. The molecule has 0 aliphatic carbocycles. The number of nitro benzene ring substituents is 1. The van der Waals surface area contributed by atoms with Crippen molar-refractivity contribution in [2.75, 3.05) is 18.5 Å². The Morgan fingerprint density at radius 1 is 1.55 bits per heavy atom. The summed E-state index contributed by atoms with van der Waals surface area (Å²) in [5.74, 6) is -1.19. The van der Waals surface area contributed by atoms with Crippen LogP contribution in [0.15, 0.2) is 18.2 Å². The predicted molar refractivity (Wildman–Crippen MR) is 72.1 cm³/mol. The molecule has 1 aliphatic rings. The Labute approximate surface area is 115 Å². The molecule has 1 aliphatic heterocycles. The highest BCUT2D eigenvalue weighted by atomic mass is 16.6. The normalized spacial score (nSPS) is 22.2. The summed E-state index contributed by atoms with van der Waals surface area (Å²) >= 11 is 0. The summed E-state index contributed by atoms with van der Waals surface area (Å²) in [5, 5.41) is 23.1. The van der Waals surface area contributed by atoms with E-state index >= 15 is 0 Å². The lowest BCUT2D eigenvalue weighted by Crippen LogP contribution is -2.43. The van der Waals surface area contributed by atoms with Crippen LogP contribution in [-0.2, 0) is 4.74 Å². The van der Waals surface area contributed by atoms with Crippen molar-refractivity contribution >= 4 is 17.3 Å². The van der Waals surface area contributed by atoms with E-state index in [0.717, 1.165) is 18.9 Å². The molecule has 0 saturated carbocycles. The number of hydrogen-bond acceptors (Lipinski definition) is 5. The molecule has 1 unspecified atom stereocenters. The van der Waals surface area contributed by atoms with Crippen LogP contribution in [0.4, 0.5) is 11.4 Å². The molecule has 0 spiro atoms. The van der Waals surface area contributed by atoms with Crippen LogP contribution in [0.2, 0.25) is 0 Å². The van der Waals surface area contributed by atoms with E-state index in [2.05, 4.69) is 5.32 Å². The van der Waals surface area contributed by atoms with Gasteiger partial charge in [0.25, 0.3) is 5.69 Å². The minimum absolute atomic E-state index is 0.104. The number of aromatic carboxylic acids is 1. The third-order valence-corrected chi connectivity index (χ3v) is 3.32. The van der Waals surface area contributed by atoms with Crippen molar-refractivity contribution in [3.63, 3.8) is 0 Å². The van der Waals surface area contributed by atoms with Crippen molar-refractivity contribution in [3.8, 4) is 0 Å². The van der Waals surface area contributed by atoms with Crippen LogP contribution in [0.3, 0.4) is 0 Å². The van der Waals surface area contributed by atoms with Gasteiger partial charge in [-0.1, -0.05) is 0 Å². The highest BCUT2D eigenvalue weighted by Gasteiger charge is 2.30. The molecular weight excluding hydrogens is 264 g/mol. The Morgan fingerprint density at radius 3 is 2.85 bits per heavy atom. The molecule has 1 aromatic rings. The van der Waals surface area contributed by atoms with E-state index in [1.165, 1.54) is 12.1 Å². The monoisotopic (exact) mass is 280 g/mol. The van der Waals surface area contributed by atoms with Gasteiger partial charge in [-0.15, -0.1) is 0 Å². The Bertz CT molecular complexity index is 538. The number of nitrogens with zero attached hydrogens (tertiary/aromatic N) is 1. The van der Waals surface area contributed by atoms with Crippen LogP contribution in [0.1, 0.15) is 30.1 Å². The Balaban J connectivity index is 2.31. The van der Waals surface area contributed by atoms with Crippen molar-refractivity contribution in [2.45, 2.75) is 25.3 Å². The minimum Gasteiger partial charge on any atom is -0.478 e. The second-order valence-corrected chi connectivity index (χ2v) is 5.14. The summed E-state index contributed by atoms with van der Waals surface area (Å²) in [6.07, 6.45) is 1.72. The number of ether oxygens (including phenoxy) is 1. The lowest BCUT2D eigenvalue weighted by molar-refractivity contribution is -0.384. The molecule has 108 valence electrons. The quantitative estimate of drug-likeness (QED) is 0.648. The average molecular weight is 280 g/mol. The number of nitrogens with one attached hydrogen (secondary N) is 1. The smallest absolute Gasteiger partial charge is 0.335 e. The predicted octanol–water partition coefficient (Wildman–Crippen LogP) is 2.27. The highest BCUT2D eigenvalue weighted by molar-refractivity contribution is 5.89. The average Bonchev–Trinajstić information content (AvgIpc) is 2.39. The van der Waals surface area contributed by atoms with Gasteiger partial charge < -0.3 is 15.2 Å². The van der Waals surface area contributed by atoms with E-state index in [-0.39, 0.29) is 16.8 Å². The molecule has 1 aromatic carbocycles. The standard InChI is InChI=1S/C13H16N2O5/c1-13(5-2-6-20-8-13)14-10-4-3-9(12(16)17)7-11(10)15(18)19/h3-4,7,14H,2,5-6,8H2,1H3,(H,16,17). The molecule has 7 heteroatoms. The number of hydrogen-bond donors (Lipinski definition) is 2. The molecule has 1 atom stereocenters. The minimum atomic E-state index is -1.19. The van der Waals surface area contributed by atoms with Crippen molar-refractivity contribution in [1.29, 1.82) is 0 Å². The van der Waals surface area contributed by atoms with Crippen LogP contribution < -0.4 is 5.32 Å². The lowest BCUT2D eigenvalue weighted by atomic mass is 9.94. The molecule has 0 amide bonds. The zero-order chi connectivity index (χ0) is 14.8. The number of rotatable bonds is 4. The lowest BCUT2D eigenvalue weighted by Gasteiger charge is -2.35. The summed E-state index contributed by atoms with van der Waals surface area (Å²) in [4.78, 5) is 21.4. The molecule has 20 heavy (non-hydrogen) atoms. The maximum Gasteiger partial charge on any atom is 0.335 e. The van der Waals surface area contributed by atoms with Crippen LogP contribution in [0.5, 0.6) is 0 Å². The molecule has 1 heterocycles. The van der Waals surface area contributed by atoms with Gasteiger partial charge in [-0.2, -0.15) is 0 Å². The maximum atomic E-state index is 11.1. The fraction of sp³-hybridized carbons (Fsp3) is 0.462. The first kappa shape index (κ1) is 14.3. The number of benzene rings is 1. The van der Waals surface area contributed by atoms with Crippen molar-refractivity contribution in [2.24, 2.45) is 0 Å². The van der Waals surface area contributed by atoms with Crippen molar-refractivity contribution in [3.05, 3.63) is 33.9 Å². The van der Waals surface area contributed by atoms with Crippen LogP contribution in [0.25, 0.3) is 0 Å². The van der Waals surface area contributed by atoms with E-state index in [1.54, 1.807) is 0 Å². The van der Waals surface area contributed by atoms with Gasteiger partial charge in [-0.3, -0.25) is 10.1 Å². The van der Waals surface area contributed by atoms with E-state index in [0.29, 0.717) is 18.9 Å². The highest BCUT2D eigenvalue weighted by Crippen LogP contribution is 2.31. The van der Waals surface area contributed by atoms with E-state index < -0.39 is 10.9 Å². The topological polar surface area (TPSA) is 102 Å². The molecule has 7 nitrogen and oxygen atoms in total. The van der Waals surface area contributed by atoms with Crippen LogP contribution in [-0.4, -0.2) is 34.8 Å². The Kier molecular flexibility index (Phi) is 3.89. The van der Waals surface area contributed by atoms with Crippen LogP contribution in [0, 0.1) is 10.1 Å². The van der Waals surface area contributed by atoms with E-state index in [9.17, 15) is 14.9 Å². The molecule has 1 saturated heterocycles. The van der Waals surface area contributed by atoms with E-state index in [4.69, 9.17) is 9.84 Å². The van der Waals surface area contributed by atoms with Gasteiger partial charge in [0.2, 0.25) is 0 Å². The molecular formula is C13H16N2O5. The number of nitro groups is 1. The maximum absolute atomic E-state index is 11.1. The van der Waals surface area contributed by atoms with Gasteiger partial charge in [-0.05, 0) is 31.9 Å². The molecule has 2 rings (SSSR count). The van der Waals surface area contributed by atoms with Gasteiger partial charge >= 0.3 is 5.97 Å². The Hall–Kier alpha value is -2.15. The van der Waals surface area contributed by atoms with Gasteiger partial charge in [-0.25, -0.2) is 4.79 Å².